The van der Waals surface area contributed by atoms with Crippen LogP contribution in [0.2, 0.25) is 0 Å². The van der Waals surface area contributed by atoms with Gasteiger partial charge in [-0.15, -0.1) is 11.3 Å². The van der Waals surface area contributed by atoms with Crippen LogP contribution >= 0.6 is 11.3 Å². The van der Waals surface area contributed by atoms with E-state index in [-0.39, 0.29) is 10.1 Å². The molecule has 0 saturated heterocycles. The highest BCUT2D eigenvalue weighted by Crippen LogP contribution is 2.39. The van der Waals surface area contributed by atoms with Gasteiger partial charge in [-0.3, -0.25) is 14.9 Å². The molecule has 30 heavy (non-hydrogen) atoms. The van der Waals surface area contributed by atoms with Gasteiger partial charge >= 0.3 is 0 Å². The predicted molar refractivity (Wildman–Crippen MR) is 122 cm³/mol. The summed E-state index contributed by atoms with van der Waals surface area (Å²) in [7, 11) is -3.60. The minimum absolute atomic E-state index is 0.249. The maximum Gasteiger partial charge on any atom is 0.271 e. The molecule has 1 aliphatic rings. The first kappa shape index (κ1) is 22.4. The van der Waals surface area contributed by atoms with Crippen LogP contribution in [0.15, 0.2) is 57.8 Å². The number of anilines is 1. The molecule has 3 rings (SSSR count). The van der Waals surface area contributed by atoms with E-state index in [1.54, 1.807) is 41.8 Å². The van der Waals surface area contributed by atoms with Gasteiger partial charge in [0.2, 0.25) is 0 Å². The number of hydrogen-bond acceptors (Lipinski definition) is 5. The zero-order chi connectivity index (χ0) is 21.8. The lowest BCUT2D eigenvalue weighted by Gasteiger charge is -2.35. The molecule has 0 fully saturated rings. The minimum Gasteiger partial charge on any atom is -0.303 e. The van der Waals surface area contributed by atoms with Crippen molar-refractivity contribution in [2.24, 2.45) is 11.3 Å². The van der Waals surface area contributed by atoms with Gasteiger partial charge in [-0.1, -0.05) is 39.3 Å². The van der Waals surface area contributed by atoms with Gasteiger partial charge in [-0.25, -0.2) is 8.42 Å². The highest BCUT2D eigenvalue weighted by atomic mass is 32.2. The number of hydrogen-bond donors (Lipinski definition) is 3. The van der Waals surface area contributed by atoms with E-state index in [0.717, 1.165) is 42.7 Å². The summed E-state index contributed by atoms with van der Waals surface area (Å²) in [5, 5.41) is 1.71. The fraction of sp³-hybridized carbons (Fsp3) is 0.409. The van der Waals surface area contributed by atoms with Crippen LogP contribution in [0.25, 0.3) is 0 Å². The fourth-order valence-electron chi connectivity index (χ4n) is 3.47. The number of benzene rings is 1. The molecule has 2 aromatic rings. The van der Waals surface area contributed by atoms with Crippen LogP contribution in [0.4, 0.5) is 5.69 Å². The van der Waals surface area contributed by atoms with Gasteiger partial charge in [0.05, 0.1) is 0 Å². The van der Waals surface area contributed by atoms with Crippen LogP contribution in [0.1, 0.15) is 56.8 Å². The van der Waals surface area contributed by atoms with Gasteiger partial charge in [0.15, 0.2) is 0 Å². The highest BCUT2D eigenvalue weighted by Gasteiger charge is 2.28. The first-order valence-corrected chi connectivity index (χ1v) is 12.5. The Morgan fingerprint density at radius 1 is 1.20 bits per heavy atom. The Kier molecular flexibility index (Phi) is 6.88. The summed E-state index contributed by atoms with van der Waals surface area (Å²) in [6.07, 6.45) is 6.36. The Labute approximate surface area is 182 Å². The molecule has 1 aromatic heterocycles. The molecular weight excluding hydrogens is 418 g/mol. The third-order valence-electron chi connectivity index (χ3n) is 5.92. The number of sulfonamides is 1. The highest BCUT2D eigenvalue weighted by molar-refractivity contribution is 7.94. The first-order chi connectivity index (χ1) is 14.2. The van der Waals surface area contributed by atoms with E-state index in [1.807, 2.05) is 0 Å². The number of carbonyl (C=O) groups excluding carboxylic acids is 1. The van der Waals surface area contributed by atoms with E-state index < -0.39 is 10.0 Å². The Bertz CT molecular complexity index is 995. The second-order valence-corrected chi connectivity index (χ2v) is 11.1. The van der Waals surface area contributed by atoms with Crippen LogP contribution in [0.3, 0.4) is 0 Å². The van der Waals surface area contributed by atoms with Crippen molar-refractivity contribution in [3.05, 3.63) is 59.1 Å². The number of thiophene rings is 1. The van der Waals surface area contributed by atoms with Crippen molar-refractivity contribution in [3.8, 4) is 0 Å². The molecule has 3 N–H and O–H groups in total. The molecule has 0 aliphatic heterocycles. The zero-order valence-electron chi connectivity index (χ0n) is 17.6. The molecule has 162 valence electrons. The van der Waals surface area contributed by atoms with Crippen molar-refractivity contribution in [1.82, 2.24) is 10.9 Å². The molecule has 1 heterocycles. The number of hydrazine groups is 1. The van der Waals surface area contributed by atoms with Crippen molar-refractivity contribution in [1.29, 1.82) is 0 Å². The topological polar surface area (TPSA) is 87.3 Å². The summed E-state index contributed by atoms with van der Waals surface area (Å²) >= 11 is 1.15. The number of rotatable bonds is 8. The molecule has 1 aromatic carbocycles. The molecule has 0 bridgehead atoms. The van der Waals surface area contributed by atoms with Crippen LogP contribution < -0.4 is 15.6 Å². The molecule has 1 amide bonds. The second-order valence-electron chi connectivity index (χ2n) is 8.24. The largest absolute Gasteiger partial charge is 0.303 e. The van der Waals surface area contributed by atoms with Crippen molar-refractivity contribution < 1.29 is 13.2 Å². The third-order valence-corrected chi connectivity index (χ3v) is 8.70. The minimum atomic E-state index is -3.60. The van der Waals surface area contributed by atoms with Crippen LogP contribution in [0.5, 0.6) is 0 Å². The monoisotopic (exact) mass is 447 g/mol. The van der Waals surface area contributed by atoms with Gasteiger partial charge < -0.3 is 5.43 Å². The summed E-state index contributed by atoms with van der Waals surface area (Å²) < 4.78 is 27.3. The molecule has 6 nitrogen and oxygen atoms in total. The van der Waals surface area contributed by atoms with Crippen molar-refractivity contribution >= 4 is 33.0 Å². The van der Waals surface area contributed by atoms with Gasteiger partial charge in [-0.2, -0.15) is 0 Å². The fourth-order valence-corrected chi connectivity index (χ4v) is 5.52. The van der Waals surface area contributed by atoms with Gasteiger partial charge in [-0.05, 0) is 66.3 Å². The molecule has 8 heteroatoms. The summed E-state index contributed by atoms with van der Waals surface area (Å²) in [6, 6.07) is 9.59. The Hall–Kier alpha value is -2.32. The van der Waals surface area contributed by atoms with E-state index in [4.69, 9.17) is 0 Å². The van der Waals surface area contributed by atoms with E-state index in [0.29, 0.717) is 22.6 Å². The average molecular weight is 448 g/mol. The summed E-state index contributed by atoms with van der Waals surface area (Å²) in [4.78, 5) is 12.4. The lowest BCUT2D eigenvalue weighted by molar-refractivity contribution is 0.0936. The number of carbonyl (C=O) groups is 1. The number of amides is 1. The third kappa shape index (κ3) is 5.43. The molecule has 0 unspecified atom stereocenters. The van der Waals surface area contributed by atoms with Gasteiger partial charge in [0.25, 0.3) is 15.9 Å². The molecule has 0 saturated carbocycles. The Morgan fingerprint density at radius 3 is 2.50 bits per heavy atom. The Balaban J connectivity index is 1.53. The smallest absolute Gasteiger partial charge is 0.271 e. The average Bonchev–Trinajstić information content (AvgIpc) is 3.29. The summed E-state index contributed by atoms with van der Waals surface area (Å²) in [6.45, 7) is 6.86. The molecule has 0 radical (unpaired) electrons. The lowest BCUT2D eigenvalue weighted by atomic mass is 9.71. The lowest BCUT2D eigenvalue weighted by Crippen LogP contribution is -2.38. The van der Waals surface area contributed by atoms with E-state index in [2.05, 4.69) is 42.4 Å². The molecule has 1 atom stereocenters. The molecule has 1 aliphatic carbocycles. The Morgan fingerprint density at radius 2 is 1.93 bits per heavy atom. The van der Waals surface area contributed by atoms with Crippen molar-refractivity contribution in [2.45, 2.75) is 50.7 Å². The zero-order valence-corrected chi connectivity index (χ0v) is 19.2. The second kappa shape index (κ2) is 9.22. The van der Waals surface area contributed by atoms with E-state index in [1.165, 1.54) is 0 Å². The molecular formula is C22H29N3O3S2. The van der Waals surface area contributed by atoms with Crippen LogP contribution in [-0.4, -0.2) is 14.3 Å². The van der Waals surface area contributed by atoms with E-state index in [9.17, 15) is 13.2 Å². The van der Waals surface area contributed by atoms with E-state index >= 15 is 0 Å². The van der Waals surface area contributed by atoms with Gasteiger partial charge in [0, 0.05) is 16.9 Å². The summed E-state index contributed by atoms with van der Waals surface area (Å²) in [5.41, 5.74) is 7.99. The number of nitrogens with one attached hydrogen (secondary N) is 3. The van der Waals surface area contributed by atoms with Crippen LogP contribution in [-0.2, 0) is 10.0 Å². The molecule has 0 spiro atoms. The normalized spacial score (nSPS) is 17.2. The maximum atomic E-state index is 12.4. The predicted octanol–water partition coefficient (Wildman–Crippen LogP) is 4.90. The van der Waals surface area contributed by atoms with Crippen molar-refractivity contribution in [3.63, 3.8) is 0 Å². The number of allylic oxidation sites excluding steroid dienone is 2. The SMILES string of the molecule is CCC(C)(C)[C@@H]1CC=C(NNC(=O)c2ccc(NS(=O)(=O)c3cccs3)cc2)CC1. The standard InChI is InChI=1S/C22H29N3O3S2/c1-4-22(2,3)17-9-13-18(14-10-17)23-24-21(26)16-7-11-19(12-8-16)25-30(27,28)20-6-5-15-29-20/h5-8,11-13,15,17,23,25H,4,9-10,14H2,1-3H3,(H,24,26)/t17-/m1/s1. The first-order valence-electron chi connectivity index (χ1n) is 10.1. The maximum absolute atomic E-state index is 12.4. The van der Waals surface area contributed by atoms with Crippen LogP contribution in [0, 0.1) is 11.3 Å². The summed E-state index contributed by atoms with van der Waals surface area (Å²) in [5.74, 6) is 0.397. The van der Waals surface area contributed by atoms with Crippen molar-refractivity contribution in [2.75, 3.05) is 4.72 Å². The van der Waals surface area contributed by atoms with Gasteiger partial charge in [0.1, 0.15) is 4.21 Å². The quantitative estimate of drug-likeness (QED) is 0.502.